The van der Waals surface area contributed by atoms with Gasteiger partial charge in [-0.2, -0.15) is 5.26 Å². The Morgan fingerprint density at radius 2 is 2.11 bits per heavy atom. The molecular formula is C12H11F3N2O. The number of carbonyl (C=O) groups is 1. The zero-order valence-electron chi connectivity index (χ0n) is 9.64. The van der Waals surface area contributed by atoms with Gasteiger partial charge in [0, 0.05) is 12.1 Å². The standard InChI is InChI=1S/C12H11F3N2O/c1-2-3-7(6-16)12(18)17-10-5-8(13)4-9(14)11(10)15/h4-5,7H,2-3H2,1H3,(H,17,18). The van der Waals surface area contributed by atoms with Gasteiger partial charge in [0.2, 0.25) is 5.91 Å². The largest absolute Gasteiger partial charge is 0.322 e. The van der Waals surface area contributed by atoms with E-state index in [0.717, 1.165) is 0 Å². The van der Waals surface area contributed by atoms with Crippen LogP contribution in [0.3, 0.4) is 0 Å². The van der Waals surface area contributed by atoms with Gasteiger partial charge in [0.15, 0.2) is 11.6 Å². The molecule has 1 amide bonds. The minimum absolute atomic E-state index is 0.293. The second-order valence-electron chi connectivity index (χ2n) is 3.71. The van der Waals surface area contributed by atoms with Crippen LogP contribution in [0, 0.1) is 34.7 Å². The van der Waals surface area contributed by atoms with Crippen molar-refractivity contribution < 1.29 is 18.0 Å². The highest BCUT2D eigenvalue weighted by molar-refractivity contribution is 5.94. The topological polar surface area (TPSA) is 52.9 Å². The van der Waals surface area contributed by atoms with E-state index in [9.17, 15) is 18.0 Å². The minimum atomic E-state index is -1.39. The Kier molecular flexibility index (Phi) is 4.72. The van der Waals surface area contributed by atoms with E-state index < -0.39 is 35.0 Å². The Balaban J connectivity index is 2.91. The highest BCUT2D eigenvalue weighted by atomic mass is 19.2. The Morgan fingerprint density at radius 1 is 1.44 bits per heavy atom. The van der Waals surface area contributed by atoms with Crippen molar-refractivity contribution in [2.24, 2.45) is 5.92 Å². The van der Waals surface area contributed by atoms with Gasteiger partial charge in [-0.3, -0.25) is 4.79 Å². The number of carbonyl (C=O) groups excluding carboxylic acids is 1. The highest BCUT2D eigenvalue weighted by Crippen LogP contribution is 2.20. The molecule has 1 rings (SSSR count). The Labute approximate surface area is 102 Å². The van der Waals surface area contributed by atoms with Crippen molar-refractivity contribution in [1.29, 1.82) is 5.26 Å². The molecule has 1 aromatic carbocycles. The van der Waals surface area contributed by atoms with E-state index in [2.05, 4.69) is 0 Å². The molecule has 0 aliphatic carbocycles. The lowest BCUT2D eigenvalue weighted by atomic mass is 10.0. The molecule has 0 saturated carbocycles. The molecule has 0 fully saturated rings. The summed E-state index contributed by atoms with van der Waals surface area (Å²) in [6, 6.07) is 2.79. The first-order chi connectivity index (χ1) is 8.49. The molecule has 0 bridgehead atoms. The summed E-state index contributed by atoms with van der Waals surface area (Å²) >= 11 is 0. The maximum Gasteiger partial charge on any atom is 0.241 e. The lowest BCUT2D eigenvalue weighted by Crippen LogP contribution is -2.22. The van der Waals surface area contributed by atoms with Crippen molar-refractivity contribution in [2.75, 3.05) is 5.32 Å². The first kappa shape index (κ1) is 14.0. The molecule has 1 N–H and O–H groups in total. The van der Waals surface area contributed by atoms with E-state index in [1.54, 1.807) is 13.0 Å². The van der Waals surface area contributed by atoms with Crippen molar-refractivity contribution in [3.05, 3.63) is 29.6 Å². The van der Waals surface area contributed by atoms with Crippen LogP contribution >= 0.6 is 0 Å². The average molecular weight is 256 g/mol. The van der Waals surface area contributed by atoms with E-state index in [1.807, 2.05) is 5.32 Å². The smallest absolute Gasteiger partial charge is 0.241 e. The maximum absolute atomic E-state index is 13.3. The van der Waals surface area contributed by atoms with Crippen molar-refractivity contribution >= 4 is 11.6 Å². The molecule has 1 unspecified atom stereocenters. The van der Waals surface area contributed by atoms with Gasteiger partial charge in [-0.1, -0.05) is 13.3 Å². The van der Waals surface area contributed by atoms with Gasteiger partial charge in [0.05, 0.1) is 11.8 Å². The number of halogens is 3. The van der Waals surface area contributed by atoms with Gasteiger partial charge in [-0.15, -0.1) is 0 Å². The number of benzene rings is 1. The molecule has 96 valence electrons. The SMILES string of the molecule is CCCC(C#N)C(=O)Nc1cc(F)cc(F)c1F. The van der Waals surface area contributed by atoms with Gasteiger partial charge in [-0.05, 0) is 6.42 Å². The van der Waals surface area contributed by atoms with Crippen LogP contribution in [0.5, 0.6) is 0 Å². The van der Waals surface area contributed by atoms with Gasteiger partial charge in [0.25, 0.3) is 0 Å². The molecule has 0 saturated heterocycles. The van der Waals surface area contributed by atoms with Crippen LogP contribution < -0.4 is 5.32 Å². The summed E-state index contributed by atoms with van der Waals surface area (Å²) in [5.41, 5.74) is -0.603. The van der Waals surface area contributed by atoms with E-state index in [0.29, 0.717) is 25.0 Å². The van der Waals surface area contributed by atoms with Crippen molar-refractivity contribution in [2.45, 2.75) is 19.8 Å². The number of hydrogen-bond donors (Lipinski definition) is 1. The number of rotatable bonds is 4. The Bertz CT molecular complexity index is 497. The normalized spacial score (nSPS) is 11.7. The van der Waals surface area contributed by atoms with Gasteiger partial charge >= 0.3 is 0 Å². The predicted molar refractivity (Wildman–Crippen MR) is 59.0 cm³/mol. The summed E-state index contributed by atoms with van der Waals surface area (Å²) in [6.45, 7) is 1.78. The molecule has 0 aliphatic rings. The van der Waals surface area contributed by atoms with Gasteiger partial charge in [0.1, 0.15) is 11.7 Å². The minimum Gasteiger partial charge on any atom is -0.322 e. The molecule has 3 nitrogen and oxygen atoms in total. The fourth-order valence-corrected chi connectivity index (χ4v) is 1.41. The molecule has 1 aromatic rings. The number of hydrogen-bond acceptors (Lipinski definition) is 2. The average Bonchev–Trinajstić information content (AvgIpc) is 2.32. The van der Waals surface area contributed by atoms with E-state index in [1.165, 1.54) is 0 Å². The second kappa shape index (κ2) is 6.05. The Hall–Kier alpha value is -2.03. The van der Waals surface area contributed by atoms with E-state index in [-0.39, 0.29) is 0 Å². The summed E-state index contributed by atoms with van der Waals surface area (Å²) in [4.78, 5) is 11.6. The molecule has 0 heterocycles. The van der Waals surface area contributed by atoms with Crippen LogP contribution in [-0.4, -0.2) is 5.91 Å². The van der Waals surface area contributed by atoms with Crippen molar-refractivity contribution in [1.82, 2.24) is 0 Å². The van der Waals surface area contributed by atoms with Crippen molar-refractivity contribution in [3.63, 3.8) is 0 Å². The quantitative estimate of drug-likeness (QED) is 0.842. The molecule has 0 radical (unpaired) electrons. The van der Waals surface area contributed by atoms with Crippen LogP contribution in [0.2, 0.25) is 0 Å². The summed E-state index contributed by atoms with van der Waals surface area (Å²) in [6.07, 6.45) is 0.882. The van der Waals surface area contributed by atoms with Crippen LogP contribution in [0.1, 0.15) is 19.8 Å². The predicted octanol–water partition coefficient (Wildman–Crippen LogP) is 2.98. The Morgan fingerprint density at radius 3 is 2.67 bits per heavy atom. The lowest BCUT2D eigenvalue weighted by molar-refractivity contribution is -0.118. The summed E-state index contributed by atoms with van der Waals surface area (Å²) in [5.74, 6) is -5.50. The van der Waals surface area contributed by atoms with Gasteiger partial charge in [-0.25, -0.2) is 13.2 Å². The third-order valence-corrected chi connectivity index (χ3v) is 2.30. The molecule has 1 atom stereocenters. The number of nitrogens with zero attached hydrogens (tertiary/aromatic N) is 1. The molecule has 6 heteroatoms. The third-order valence-electron chi connectivity index (χ3n) is 2.30. The first-order valence-corrected chi connectivity index (χ1v) is 5.34. The number of amides is 1. The molecule has 18 heavy (non-hydrogen) atoms. The first-order valence-electron chi connectivity index (χ1n) is 5.34. The highest BCUT2D eigenvalue weighted by Gasteiger charge is 2.20. The number of anilines is 1. The molecular weight excluding hydrogens is 245 g/mol. The third kappa shape index (κ3) is 3.23. The summed E-state index contributed by atoms with van der Waals surface area (Å²) in [5, 5.41) is 10.7. The number of nitriles is 1. The van der Waals surface area contributed by atoms with Crippen molar-refractivity contribution in [3.8, 4) is 6.07 Å². The molecule has 0 aromatic heterocycles. The zero-order chi connectivity index (χ0) is 13.7. The molecule has 0 spiro atoms. The van der Waals surface area contributed by atoms with E-state index in [4.69, 9.17) is 5.26 Å². The van der Waals surface area contributed by atoms with Crippen LogP contribution in [-0.2, 0) is 4.79 Å². The summed E-state index contributed by atoms with van der Waals surface area (Å²) < 4.78 is 39.0. The molecule has 0 aliphatic heterocycles. The van der Waals surface area contributed by atoms with E-state index >= 15 is 0 Å². The van der Waals surface area contributed by atoms with Crippen LogP contribution in [0.4, 0.5) is 18.9 Å². The maximum atomic E-state index is 13.3. The zero-order valence-corrected chi connectivity index (χ0v) is 9.64. The summed E-state index contributed by atoms with van der Waals surface area (Å²) in [7, 11) is 0. The monoisotopic (exact) mass is 256 g/mol. The van der Waals surface area contributed by atoms with Crippen LogP contribution in [0.25, 0.3) is 0 Å². The lowest BCUT2D eigenvalue weighted by Gasteiger charge is -2.10. The van der Waals surface area contributed by atoms with Crippen LogP contribution in [0.15, 0.2) is 12.1 Å². The fraction of sp³-hybridized carbons (Fsp3) is 0.333. The fourth-order valence-electron chi connectivity index (χ4n) is 1.41. The second-order valence-corrected chi connectivity index (χ2v) is 3.71. The number of nitrogens with one attached hydrogen (secondary N) is 1. The van der Waals surface area contributed by atoms with Gasteiger partial charge < -0.3 is 5.32 Å².